The van der Waals surface area contributed by atoms with Crippen molar-refractivity contribution in [3.05, 3.63) is 34.9 Å². The predicted molar refractivity (Wildman–Crippen MR) is 60.2 cm³/mol. The first kappa shape index (κ1) is 11.9. The number of ketones is 2. The first-order valence-corrected chi connectivity index (χ1v) is 5.13. The van der Waals surface area contributed by atoms with E-state index in [4.69, 9.17) is 11.6 Å². The van der Waals surface area contributed by atoms with Gasteiger partial charge in [-0.25, -0.2) is 0 Å². The van der Waals surface area contributed by atoms with Crippen molar-refractivity contribution < 1.29 is 9.59 Å². The molecule has 1 aromatic carbocycles. The third kappa shape index (κ3) is 2.66. The topological polar surface area (TPSA) is 34.1 Å². The second-order valence-corrected chi connectivity index (χ2v) is 4.08. The van der Waals surface area contributed by atoms with Gasteiger partial charge >= 0.3 is 0 Å². The standard InChI is InChI=1S/C12H13ClO2/c1-7-4-5-10(8(2)6-7)11(13)12(15)9(3)14/h4-6,11H,1-3H3. The maximum Gasteiger partial charge on any atom is 0.220 e. The summed E-state index contributed by atoms with van der Waals surface area (Å²) in [6, 6.07) is 5.62. The van der Waals surface area contributed by atoms with Gasteiger partial charge in [-0.2, -0.15) is 0 Å². The Hall–Kier alpha value is -1.15. The molecular formula is C12H13ClO2. The van der Waals surface area contributed by atoms with E-state index in [1.54, 1.807) is 6.07 Å². The van der Waals surface area contributed by atoms with Gasteiger partial charge in [0.2, 0.25) is 5.78 Å². The van der Waals surface area contributed by atoms with E-state index in [0.29, 0.717) is 5.56 Å². The minimum absolute atomic E-state index is 0.505. The summed E-state index contributed by atoms with van der Waals surface area (Å²) in [6.45, 7) is 5.08. The zero-order valence-corrected chi connectivity index (χ0v) is 9.76. The van der Waals surface area contributed by atoms with E-state index in [2.05, 4.69) is 0 Å². The monoisotopic (exact) mass is 224 g/mol. The molecule has 0 saturated heterocycles. The Morgan fingerprint density at radius 1 is 1.27 bits per heavy atom. The van der Waals surface area contributed by atoms with Gasteiger partial charge in [0.25, 0.3) is 0 Å². The second kappa shape index (κ2) is 4.58. The summed E-state index contributed by atoms with van der Waals surface area (Å²) in [7, 11) is 0. The molecule has 0 amide bonds. The number of aryl methyl sites for hydroxylation is 2. The first-order chi connectivity index (χ1) is 6.93. The molecule has 0 spiro atoms. The summed E-state index contributed by atoms with van der Waals surface area (Å²) >= 11 is 5.94. The molecule has 1 unspecified atom stereocenters. The van der Waals surface area contributed by atoms with Gasteiger partial charge in [0.1, 0.15) is 5.38 Å². The fourth-order valence-electron chi connectivity index (χ4n) is 1.43. The maximum atomic E-state index is 11.4. The Balaban J connectivity index is 3.06. The van der Waals surface area contributed by atoms with Crippen molar-refractivity contribution in [2.45, 2.75) is 26.1 Å². The first-order valence-electron chi connectivity index (χ1n) is 4.69. The molecule has 1 rings (SSSR count). The second-order valence-electron chi connectivity index (χ2n) is 3.64. The van der Waals surface area contributed by atoms with Gasteiger partial charge in [0.05, 0.1) is 0 Å². The van der Waals surface area contributed by atoms with E-state index in [-0.39, 0.29) is 0 Å². The van der Waals surface area contributed by atoms with Gasteiger partial charge in [-0.3, -0.25) is 9.59 Å². The molecule has 0 fully saturated rings. The average molecular weight is 225 g/mol. The molecule has 0 aliphatic carbocycles. The van der Waals surface area contributed by atoms with Crippen molar-refractivity contribution in [3.8, 4) is 0 Å². The molecule has 0 aliphatic rings. The lowest BCUT2D eigenvalue weighted by atomic mass is 9.99. The number of halogens is 1. The van der Waals surface area contributed by atoms with Gasteiger partial charge in [0, 0.05) is 6.92 Å². The van der Waals surface area contributed by atoms with Gasteiger partial charge in [-0.05, 0) is 25.0 Å². The van der Waals surface area contributed by atoms with Gasteiger partial charge in [-0.15, -0.1) is 11.6 Å². The molecule has 0 aromatic heterocycles. The van der Waals surface area contributed by atoms with Crippen LogP contribution in [0, 0.1) is 13.8 Å². The minimum atomic E-state index is -0.858. The van der Waals surface area contributed by atoms with Crippen molar-refractivity contribution >= 4 is 23.2 Å². The summed E-state index contributed by atoms with van der Waals surface area (Å²) < 4.78 is 0. The van der Waals surface area contributed by atoms with Gasteiger partial charge < -0.3 is 0 Å². The zero-order valence-electron chi connectivity index (χ0n) is 9.00. The van der Waals surface area contributed by atoms with Gasteiger partial charge in [0.15, 0.2) is 5.78 Å². The molecule has 15 heavy (non-hydrogen) atoms. The number of rotatable bonds is 3. The predicted octanol–water partition coefficient (Wildman–Crippen LogP) is 2.74. The number of carbonyl (C=O) groups is 2. The highest BCUT2D eigenvalue weighted by molar-refractivity contribution is 6.48. The number of hydrogen-bond acceptors (Lipinski definition) is 2. The van der Waals surface area contributed by atoms with Crippen LogP contribution in [0.3, 0.4) is 0 Å². The van der Waals surface area contributed by atoms with Gasteiger partial charge in [-0.1, -0.05) is 23.8 Å². The number of hydrogen-bond donors (Lipinski definition) is 0. The smallest absolute Gasteiger partial charge is 0.220 e. The minimum Gasteiger partial charge on any atom is -0.291 e. The van der Waals surface area contributed by atoms with E-state index in [1.165, 1.54) is 6.92 Å². The Labute approximate surface area is 94.2 Å². The summed E-state index contributed by atoms with van der Waals surface area (Å²) in [5.41, 5.74) is 2.75. The number of carbonyl (C=O) groups excluding carboxylic acids is 2. The van der Waals surface area contributed by atoms with E-state index in [9.17, 15) is 9.59 Å². The van der Waals surface area contributed by atoms with E-state index >= 15 is 0 Å². The number of alkyl halides is 1. The molecule has 0 saturated carbocycles. The van der Waals surface area contributed by atoms with Crippen LogP contribution in [0.25, 0.3) is 0 Å². The van der Waals surface area contributed by atoms with E-state index in [1.807, 2.05) is 26.0 Å². The van der Waals surface area contributed by atoms with Crippen LogP contribution in [0.1, 0.15) is 29.0 Å². The third-order valence-electron chi connectivity index (χ3n) is 2.28. The molecule has 0 aliphatic heterocycles. The Morgan fingerprint density at radius 3 is 2.33 bits per heavy atom. The molecule has 1 aromatic rings. The molecule has 1 atom stereocenters. The molecule has 3 heteroatoms. The summed E-state index contributed by atoms with van der Waals surface area (Å²) in [5, 5.41) is -0.858. The Morgan fingerprint density at radius 2 is 1.87 bits per heavy atom. The Bertz CT molecular complexity index is 410. The normalized spacial score (nSPS) is 12.3. The lowest BCUT2D eigenvalue weighted by Crippen LogP contribution is -2.16. The fraction of sp³-hybridized carbons (Fsp3) is 0.333. The van der Waals surface area contributed by atoms with E-state index in [0.717, 1.165) is 11.1 Å². The van der Waals surface area contributed by atoms with E-state index < -0.39 is 16.9 Å². The van der Waals surface area contributed by atoms with Crippen LogP contribution in [0.2, 0.25) is 0 Å². The largest absolute Gasteiger partial charge is 0.291 e. The van der Waals surface area contributed by atoms with Crippen molar-refractivity contribution in [2.75, 3.05) is 0 Å². The summed E-state index contributed by atoms with van der Waals surface area (Å²) in [5.74, 6) is -1.06. The lowest BCUT2D eigenvalue weighted by Gasteiger charge is -2.10. The van der Waals surface area contributed by atoms with Crippen LogP contribution in [-0.4, -0.2) is 11.6 Å². The highest BCUT2D eigenvalue weighted by Crippen LogP contribution is 2.25. The third-order valence-corrected chi connectivity index (χ3v) is 2.71. The van der Waals surface area contributed by atoms with Crippen molar-refractivity contribution in [3.63, 3.8) is 0 Å². The van der Waals surface area contributed by atoms with Crippen LogP contribution in [0.4, 0.5) is 0 Å². The van der Waals surface area contributed by atoms with Crippen LogP contribution >= 0.6 is 11.6 Å². The van der Waals surface area contributed by atoms with Crippen LogP contribution in [-0.2, 0) is 9.59 Å². The quantitative estimate of drug-likeness (QED) is 0.585. The van der Waals surface area contributed by atoms with Crippen LogP contribution in [0.15, 0.2) is 18.2 Å². The van der Waals surface area contributed by atoms with Crippen molar-refractivity contribution in [1.82, 2.24) is 0 Å². The highest BCUT2D eigenvalue weighted by atomic mass is 35.5. The SMILES string of the molecule is CC(=O)C(=O)C(Cl)c1ccc(C)cc1C. The molecule has 0 heterocycles. The number of benzene rings is 1. The maximum absolute atomic E-state index is 11.4. The van der Waals surface area contributed by atoms with Crippen LogP contribution < -0.4 is 0 Å². The fourth-order valence-corrected chi connectivity index (χ4v) is 1.83. The molecular weight excluding hydrogens is 212 g/mol. The lowest BCUT2D eigenvalue weighted by molar-refractivity contribution is -0.135. The van der Waals surface area contributed by atoms with Crippen LogP contribution in [0.5, 0.6) is 0 Å². The molecule has 0 radical (unpaired) electrons. The average Bonchev–Trinajstić information content (AvgIpc) is 2.15. The molecule has 80 valence electrons. The zero-order chi connectivity index (χ0) is 11.6. The molecule has 2 nitrogen and oxygen atoms in total. The summed E-state index contributed by atoms with van der Waals surface area (Å²) in [6.07, 6.45) is 0. The Kier molecular flexibility index (Phi) is 3.64. The molecule has 0 bridgehead atoms. The number of Topliss-reactive ketones (excluding diaryl/α,β-unsaturated/α-hetero) is 2. The van der Waals surface area contributed by atoms with Crippen molar-refractivity contribution in [2.24, 2.45) is 0 Å². The van der Waals surface area contributed by atoms with Crippen molar-refractivity contribution in [1.29, 1.82) is 0 Å². The molecule has 0 N–H and O–H groups in total. The summed E-state index contributed by atoms with van der Waals surface area (Å²) in [4.78, 5) is 22.3. The highest BCUT2D eigenvalue weighted by Gasteiger charge is 2.22.